The van der Waals surface area contributed by atoms with Crippen molar-refractivity contribution < 1.29 is 5.11 Å². The number of hydrogen-bond acceptors (Lipinski definition) is 2. The van der Waals surface area contributed by atoms with Crippen molar-refractivity contribution in [1.82, 2.24) is 4.90 Å². The van der Waals surface area contributed by atoms with E-state index in [9.17, 15) is 5.11 Å². The average molecular weight is 249 g/mol. The van der Waals surface area contributed by atoms with Gasteiger partial charge >= 0.3 is 0 Å². The SMILES string of the molecule is CCCc1cccc(C(O)C(C)(CC)N(C)C)c1. The fourth-order valence-corrected chi connectivity index (χ4v) is 2.32. The highest BCUT2D eigenvalue weighted by Crippen LogP contribution is 2.32. The van der Waals surface area contributed by atoms with Crippen molar-refractivity contribution in [3.8, 4) is 0 Å². The van der Waals surface area contributed by atoms with Gasteiger partial charge in [-0.1, -0.05) is 44.5 Å². The topological polar surface area (TPSA) is 23.5 Å². The number of rotatable bonds is 6. The van der Waals surface area contributed by atoms with Crippen LogP contribution < -0.4 is 0 Å². The van der Waals surface area contributed by atoms with Crippen LogP contribution in [-0.2, 0) is 6.42 Å². The Kier molecular flexibility index (Phi) is 5.36. The smallest absolute Gasteiger partial charge is 0.0970 e. The Morgan fingerprint density at radius 2 is 1.94 bits per heavy atom. The lowest BCUT2D eigenvalue weighted by Crippen LogP contribution is -2.46. The quantitative estimate of drug-likeness (QED) is 0.835. The van der Waals surface area contributed by atoms with E-state index in [-0.39, 0.29) is 5.54 Å². The van der Waals surface area contributed by atoms with Gasteiger partial charge in [0.15, 0.2) is 0 Å². The molecule has 0 aliphatic rings. The van der Waals surface area contributed by atoms with Crippen LogP contribution in [0.15, 0.2) is 24.3 Å². The first kappa shape index (κ1) is 15.2. The molecule has 0 radical (unpaired) electrons. The van der Waals surface area contributed by atoms with E-state index < -0.39 is 6.10 Å². The molecular weight excluding hydrogens is 222 g/mol. The van der Waals surface area contributed by atoms with Gasteiger partial charge in [0, 0.05) is 5.54 Å². The molecule has 1 aromatic rings. The predicted octanol–water partition coefficient (Wildman–Crippen LogP) is 3.40. The van der Waals surface area contributed by atoms with Gasteiger partial charge in [0.25, 0.3) is 0 Å². The minimum absolute atomic E-state index is 0.217. The molecule has 0 saturated carbocycles. The van der Waals surface area contributed by atoms with Gasteiger partial charge in [0.05, 0.1) is 6.10 Å². The zero-order chi connectivity index (χ0) is 13.8. The monoisotopic (exact) mass is 249 g/mol. The second-order valence-electron chi connectivity index (χ2n) is 5.50. The normalized spacial score (nSPS) is 16.6. The fourth-order valence-electron chi connectivity index (χ4n) is 2.32. The van der Waals surface area contributed by atoms with Crippen LogP contribution in [-0.4, -0.2) is 29.6 Å². The molecule has 0 fully saturated rings. The van der Waals surface area contributed by atoms with Crippen molar-refractivity contribution in [1.29, 1.82) is 0 Å². The van der Waals surface area contributed by atoms with E-state index in [2.05, 4.69) is 43.9 Å². The summed E-state index contributed by atoms with van der Waals surface area (Å²) in [5.74, 6) is 0. The number of benzene rings is 1. The number of nitrogens with zero attached hydrogens (tertiary/aromatic N) is 1. The highest BCUT2D eigenvalue weighted by Gasteiger charge is 2.34. The van der Waals surface area contributed by atoms with E-state index in [1.165, 1.54) is 5.56 Å². The van der Waals surface area contributed by atoms with Crippen LogP contribution in [0.5, 0.6) is 0 Å². The molecule has 18 heavy (non-hydrogen) atoms. The van der Waals surface area contributed by atoms with Gasteiger partial charge in [-0.2, -0.15) is 0 Å². The number of hydrogen-bond donors (Lipinski definition) is 1. The zero-order valence-electron chi connectivity index (χ0n) is 12.4. The summed E-state index contributed by atoms with van der Waals surface area (Å²) >= 11 is 0. The molecule has 0 bridgehead atoms. The molecule has 0 saturated heterocycles. The largest absolute Gasteiger partial charge is 0.386 e. The third-order valence-electron chi connectivity index (χ3n) is 4.13. The van der Waals surface area contributed by atoms with Gasteiger partial charge in [-0.05, 0) is 45.0 Å². The van der Waals surface area contributed by atoms with E-state index in [0.29, 0.717) is 0 Å². The molecule has 0 aliphatic heterocycles. The zero-order valence-corrected chi connectivity index (χ0v) is 12.4. The van der Waals surface area contributed by atoms with E-state index in [1.807, 2.05) is 20.2 Å². The van der Waals surface area contributed by atoms with Crippen molar-refractivity contribution in [2.75, 3.05) is 14.1 Å². The maximum Gasteiger partial charge on any atom is 0.0970 e. The summed E-state index contributed by atoms with van der Waals surface area (Å²) in [4.78, 5) is 2.12. The molecule has 0 spiro atoms. The molecule has 2 nitrogen and oxygen atoms in total. The summed E-state index contributed by atoms with van der Waals surface area (Å²) in [6.07, 6.45) is 2.68. The molecule has 2 unspecified atom stereocenters. The van der Waals surface area contributed by atoms with Gasteiger partial charge in [0.2, 0.25) is 0 Å². The number of aliphatic hydroxyl groups excluding tert-OH is 1. The van der Waals surface area contributed by atoms with Crippen molar-refractivity contribution in [2.24, 2.45) is 0 Å². The summed E-state index contributed by atoms with van der Waals surface area (Å²) in [5.41, 5.74) is 2.12. The Bertz CT molecular complexity index is 375. The Morgan fingerprint density at radius 3 is 2.44 bits per heavy atom. The van der Waals surface area contributed by atoms with Crippen LogP contribution in [0.2, 0.25) is 0 Å². The first-order valence-electron chi connectivity index (χ1n) is 6.90. The number of likely N-dealkylation sites (N-methyl/N-ethyl adjacent to an activating group) is 1. The van der Waals surface area contributed by atoms with Crippen LogP contribution in [0, 0.1) is 0 Å². The fraction of sp³-hybridized carbons (Fsp3) is 0.625. The van der Waals surface area contributed by atoms with Crippen LogP contribution in [0.25, 0.3) is 0 Å². The predicted molar refractivity (Wildman–Crippen MR) is 77.8 cm³/mol. The van der Waals surface area contributed by atoms with Crippen LogP contribution in [0.4, 0.5) is 0 Å². The Morgan fingerprint density at radius 1 is 1.28 bits per heavy atom. The summed E-state index contributed by atoms with van der Waals surface area (Å²) in [5, 5.41) is 10.7. The molecule has 2 atom stereocenters. The van der Waals surface area contributed by atoms with Gasteiger partial charge in [0.1, 0.15) is 0 Å². The van der Waals surface area contributed by atoms with Gasteiger partial charge in [-0.3, -0.25) is 0 Å². The summed E-state index contributed by atoms with van der Waals surface area (Å²) in [6, 6.07) is 8.36. The maximum atomic E-state index is 10.7. The lowest BCUT2D eigenvalue weighted by molar-refractivity contribution is 0.000828. The number of aliphatic hydroxyl groups is 1. The van der Waals surface area contributed by atoms with E-state index in [1.54, 1.807) is 0 Å². The van der Waals surface area contributed by atoms with Crippen molar-refractivity contribution in [3.63, 3.8) is 0 Å². The molecule has 0 aliphatic carbocycles. The van der Waals surface area contributed by atoms with Crippen LogP contribution in [0.3, 0.4) is 0 Å². The molecular formula is C16H27NO. The van der Waals surface area contributed by atoms with Gasteiger partial charge in [-0.15, -0.1) is 0 Å². The average Bonchev–Trinajstić information content (AvgIpc) is 2.37. The maximum absolute atomic E-state index is 10.7. The Labute approximate surface area is 112 Å². The van der Waals surface area contributed by atoms with E-state index >= 15 is 0 Å². The van der Waals surface area contributed by atoms with Crippen LogP contribution >= 0.6 is 0 Å². The number of aryl methyl sites for hydroxylation is 1. The van der Waals surface area contributed by atoms with E-state index in [0.717, 1.165) is 24.8 Å². The lowest BCUT2D eigenvalue weighted by Gasteiger charge is -2.40. The first-order valence-corrected chi connectivity index (χ1v) is 6.90. The van der Waals surface area contributed by atoms with Crippen molar-refractivity contribution >= 4 is 0 Å². The van der Waals surface area contributed by atoms with Crippen molar-refractivity contribution in [2.45, 2.75) is 51.7 Å². The molecule has 1 aromatic carbocycles. The van der Waals surface area contributed by atoms with Crippen molar-refractivity contribution in [3.05, 3.63) is 35.4 Å². The first-order chi connectivity index (χ1) is 8.45. The molecule has 1 rings (SSSR count). The minimum atomic E-state index is -0.450. The molecule has 0 amide bonds. The summed E-state index contributed by atoms with van der Waals surface area (Å²) in [6.45, 7) is 6.42. The molecule has 102 valence electrons. The van der Waals surface area contributed by atoms with E-state index in [4.69, 9.17) is 0 Å². The van der Waals surface area contributed by atoms with Gasteiger partial charge < -0.3 is 10.0 Å². The second-order valence-corrected chi connectivity index (χ2v) is 5.50. The molecule has 1 N–H and O–H groups in total. The minimum Gasteiger partial charge on any atom is -0.386 e. The lowest BCUT2D eigenvalue weighted by atomic mass is 9.85. The summed E-state index contributed by atoms with van der Waals surface area (Å²) < 4.78 is 0. The molecule has 2 heteroatoms. The van der Waals surface area contributed by atoms with Gasteiger partial charge in [-0.25, -0.2) is 0 Å². The second kappa shape index (κ2) is 6.35. The molecule has 0 aromatic heterocycles. The van der Waals surface area contributed by atoms with Crippen LogP contribution in [0.1, 0.15) is 50.8 Å². The summed E-state index contributed by atoms with van der Waals surface area (Å²) in [7, 11) is 4.06. The molecule has 0 heterocycles. The Hall–Kier alpha value is -0.860. The highest BCUT2D eigenvalue weighted by atomic mass is 16.3. The Balaban J connectivity index is 3.01. The highest BCUT2D eigenvalue weighted by molar-refractivity contribution is 5.27. The third-order valence-corrected chi connectivity index (χ3v) is 4.13. The standard InChI is InChI=1S/C16H27NO/c1-6-9-13-10-8-11-14(12-13)15(18)16(3,7-2)17(4)5/h8,10-12,15,18H,6-7,9H2,1-5H3. The third kappa shape index (κ3) is 3.12.